The lowest BCUT2D eigenvalue weighted by Gasteiger charge is -2.39. The molecule has 1 aliphatic heterocycles. The van der Waals surface area contributed by atoms with Crippen LogP contribution in [0.4, 0.5) is 0 Å². The average molecular weight is 182 g/mol. The second-order valence-electron chi connectivity index (χ2n) is 4.51. The molecule has 1 fully saturated rings. The normalized spacial score (nSPS) is 45.3. The standard InChI is InChI=1S/C11H18O2/c1-8-3-4-11(9(2)7-8)5-6-13-10(11)12/h7,9-10,12H,3-6H2,1-2H3/t9-,10?,11-/m1/s1. The van der Waals surface area contributed by atoms with E-state index in [0.29, 0.717) is 5.92 Å². The molecular weight excluding hydrogens is 164 g/mol. The zero-order valence-electron chi connectivity index (χ0n) is 8.42. The molecule has 74 valence electrons. The van der Waals surface area contributed by atoms with Crippen molar-refractivity contribution in [3.05, 3.63) is 11.6 Å². The van der Waals surface area contributed by atoms with E-state index in [-0.39, 0.29) is 5.41 Å². The van der Waals surface area contributed by atoms with Crippen molar-refractivity contribution in [3.8, 4) is 0 Å². The number of hydrogen-bond donors (Lipinski definition) is 1. The third kappa shape index (κ3) is 1.32. The molecule has 3 atom stereocenters. The number of hydrogen-bond acceptors (Lipinski definition) is 2. The number of ether oxygens (including phenoxy) is 1. The summed E-state index contributed by atoms with van der Waals surface area (Å²) in [5.74, 6) is 0.457. The van der Waals surface area contributed by atoms with Crippen LogP contribution in [-0.2, 0) is 4.74 Å². The highest BCUT2D eigenvalue weighted by Gasteiger charge is 2.47. The van der Waals surface area contributed by atoms with Gasteiger partial charge in [0.05, 0.1) is 6.61 Å². The Kier molecular flexibility index (Phi) is 2.20. The van der Waals surface area contributed by atoms with Crippen molar-refractivity contribution >= 4 is 0 Å². The maximum Gasteiger partial charge on any atom is 0.160 e. The molecule has 1 aliphatic carbocycles. The Bertz CT molecular complexity index is 234. The largest absolute Gasteiger partial charge is 0.367 e. The lowest BCUT2D eigenvalue weighted by Crippen LogP contribution is -2.38. The molecule has 0 radical (unpaired) electrons. The summed E-state index contributed by atoms with van der Waals surface area (Å²) in [4.78, 5) is 0. The Balaban J connectivity index is 2.24. The van der Waals surface area contributed by atoms with Gasteiger partial charge >= 0.3 is 0 Å². The summed E-state index contributed by atoms with van der Waals surface area (Å²) in [6.45, 7) is 5.09. The molecule has 1 spiro atoms. The molecule has 2 heteroatoms. The quantitative estimate of drug-likeness (QED) is 0.581. The highest BCUT2D eigenvalue weighted by molar-refractivity contribution is 5.12. The third-order valence-corrected chi connectivity index (χ3v) is 3.76. The number of aliphatic hydroxyl groups excluding tert-OH is 1. The smallest absolute Gasteiger partial charge is 0.160 e. The predicted octanol–water partition coefficient (Wildman–Crippen LogP) is 2.09. The second kappa shape index (κ2) is 3.10. The maximum absolute atomic E-state index is 9.81. The monoisotopic (exact) mass is 182 g/mol. The molecule has 2 nitrogen and oxygen atoms in total. The Morgan fingerprint density at radius 3 is 2.85 bits per heavy atom. The number of aliphatic hydroxyl groups is 1. The van der Waals surface area contributed by atoms with Gasteiger partial charge in [0.2, 0.25) is 0 Å². The minimum Gasteiger partial charge on any atom is -0.367 e. The molecule has 0 bridgehead atoms. The van der Waals surface area contributed by atoms with Gasteiger partial charge < -0.3 is 9.84 Å². The fourth-order valence-electron chi connectivity index (χ4n) is 2.68. The van der Waals surface area contributed by atoms with Crippen LogP contribution in [0.15, 0.2) is 11.6 Å². The molecule has 2 rings (SSSR count). The van der Waals surface area contributed by atoms with Crippen LogP contribution in [0.5, 0.6) is 0 Å². The number of allylic oxidation sites excluding steroid dienone is 2. The summed E-state index contributed by atoms with van der Waals surface area (Å²) in [5.41, 5.74) is 1.48. The zero-order valence-corrected chi connectivity index (χ0v) is 8.42. The van der Waals surface area contributed by atoms with E-state index < -0.39 is 6.29 Å². The Labute approximate surface area is 79.6 Å². The fourth-order valence-corrected chi connectivity index (χ4v) is 2.68. The van der Waals surface area contributed by atoms with Crippen LogP contribution >= 0.6 is 0 Å². The molecule has 0 aromatic carbocycles. The van der Waals surface area contributed by atoms with E-state index in [2.05, 4.69) is 19.9 Å². The Morgan fingerprint density at radius 1 is 1.54 bits per heavy atom. The van der Waals surface area contributed by atoms with Crippen LogP contribution in [-0.4, -0.2) is 18.0 Å². The molecule has 0 aromatic heterocycles. The van der Waals surface area contributed by atoms with Crippen LogP contribution in [0.1, 0.15) is 33.1 Å². The van der Waals surface area contributed by atoms with Gasteiger partial charge in [-0.15, -0.1) is 0 Å². The van der Waals surface area contributed by atoms with Crippen molar-refractivity contribution in [1.82, 2.24) is 0 Å². The zero-order chi connectivity index (χ0) is 9.47. The van der Waals surface area contributed by atoms with Crippen LogP contribution in [0, 0.1) is 11.3 Å². The van der Waals surface area contributed by atoms with Crippen molar-refractivity contribution in [2.24, 2.45) is 11.3 Å². The van der Waals surface area contributed by atoms with Gasteiger partial charge in [0, 0.05) is 5.41 Å². The minimum absolute atomic E-state index is 0.0273. The molecular formula is C11H18O2. The molecule has 1 N–H and O–H groups in total. The highest BCUT2D eigenvalue weighted by Crippen LogP contribution is 2.48. The highest BCUT2D eigenvalue weighted by atomic mass is 16.6. The van der Waals surface area contributed by atoms with Crippen molar-refractivity contribution in [1.29, 1.82) is 0 Å². The van der Waals surface area contributed by atoms with E-state index in [1.807, 2.05) is 0 Å². The van der Waals surface area contributed by atoms with Crippen LogP contribution in [0.3, 0.4) is 0 Å². The van der Waals surface area contributed by atoms with E-state index in [4.69, 9.17) is 4.74 Å². The molecule has 1 unspecified atom stereocenters. The van der Waals surface area contributed by atoms with Crippen LogP contribution in [0.25, 0.3) is 0 Å². The average Bonchev–Trinajstić information content (AvgIpc) is 2.43. The number of rotatable bonds is 0. The molecule has 13 heavy (non-hydrogen) atoms. The van der Waals surface area contributed by atoms with E-state index >= 15 is 0 Å². The van der Waals surface area contributed by atoms with Crippen LogP contribution < -0.4 is 0 Å². The lowest BCUT2D eigenvalue weighted by atomic mass is 9.67. The summed E-state index contributed by atoms with van der Waals surface area (Å²) >= 11 is 0. The van der Waals surface area contributed by atoms with Gasteiger partial charge in [-0.05, 0) is 32.1 Å². The van der Waals surface area contributed by atoms with E-state index in [0.717, 1.165) is 25.9 Å². The van der Waals surface area contributed by atoms with Crippen LogP contribution in [0.2, 0.25) is 0 Å². The van der Waals surface area contributed by atoms with Gasteiger partial charge in [0.1, 0.15) is 0 Å². The minimum atomic E-state index is -0.535. The topological polar surface area (TPSA) is 29.5 Å². The van der Waals surface area contributed by atoms with Gasteiger partial charge in [0.25, 0.3) is 0 Å². The first-order chi connectivity index (χ1) is 6.15. The summed E-state index contributed by atoms with van der Waals surface area (Å²) < 4.78 is 5.28. The van der Waals surface area contributed by atoms with Crippen molar-refractivity contribution in [2.45, 2.75) is 39.4 Å². The Morgan fingerprint density at radius 2 is 2.31 bits per heavy atom. The van der Waals surface area contributed by atoms with Crippen molar-refractivity contribution in [3.63, 3.8) is 0 Å². The first kappa shape index (κ1) is 9.22. The van der Waals surface area contributed by atoms with Crippen molar-refractivity contribution in [2.75, 3.05) is 6.61 Å². The van der Waals surface area contributed by atoms with Gasteiger partial charge in [-0.25, -0.2) is 0 Å². The van der Waals surface area contributed by atoms with E-state index in [1.54, 1.807) is 0 Å². The maximum atomic E-state index is 9.81. The van der Waals surface area contributed by atoms with E-state index in [9.17, 15) is 5.11 Å². The first-order valence-electron chi connectivity index (χ1n) is 5.12. The Hall–Kier alpha value is -0.340. The lowest BCUT2D eigenvalue weighted by molar-refractivity contribution is -0.132. The summed E-state index contributed by atoms with van der Waals surface area (Å²) in [6, 6.07) is 0. The fraction of sp³-hybridized carbons (Fsp3) is 0.818. The summed E-state index contributed by atoms with van der Waals surface area (Å²) in [5, 5.41) is 9.81. The predicted molar refractivity (Wildman–Crippen MR) is 51.2 cm³/mol. The van der Waals surface area contributed by atoms with Crippen molar-refractivity contribution < 1.29 is 9.84 Å². The van der Waals surface area contributed by atoms with E-state index in [1.165, 1.54) is 5.57 Å². The third-order valence-electron chi connectivity index (χ3n) is 3.76. The molecule has 0 saturated carbocycles. The summed E-state index contributed by atoms with van der Waals surface area (Å²) in [7, 11) is 0. The molecule has 1 saturated heterocycles. The van der Waals surface area contributed by atoms with Gasteiger partial charge in [-0.3, -0.25) is 0 Å². The first-order valence-corrected chi connectivity index (χ1v) is 5.12. The van der Waals surface area contributed by atoms with Gasteiger partial charge in [-0.1, -0.05) is 18.6 Å². The summed E-state index contributed by atoms with van der Waals surface area (Å²) in [6.07, 6.45) is 4.97. The SMILES string of the molecule is CC1=C[C@@H](C)[C@]2(CCOC2O)CC1. The molecule has 2 aliphatic rings. The van der Waals surface area contributed by atoms with Gasteiger partial charge in [0.15, 0.2) is 6.29 Å². The molecule has 1 heterocycles. The van der Waals surface area contributed by atoms with Gasteiger partial charge in [-0.2, -0.15) is 0 Å². The second-order valence-corrected chi connectivity index (χ2v) is 4.51. The molecule has 0 aromatic rings. The molecule has 0 amide bonds.